The second-order valence-corrected chi connectivity index (χ2v) is 9.54. The second kappa shape index (κ2) is 25.7. The van der Waals surface area contributed by atoms with E-state index in [9.17, 15) is 9.90 Å². The Morgan fingerprint density at radius 1 is 0.548 bits per heavy atom. The Hall–Kier alpha value is -0.570. The second-order valence-electron chi connectivity index (χ2n) is 9.54. The molecule has 0 aromatic rings. The van der Waals surface area contributed by atoms with Gasteiger partial charge in [0.15, 0.2) is 6.10 Å². The number of hydrogen-bond acceptors (Lipinski definition) is 3. The Balaban J connectivity index is 3.16. The van der Waals surface area contributed by atoms with E-state index in [4.69, 9.17) is 4.74 Å². The molecule has 0 aliphatic rings. The predicted octanol–water partition coefficient (Wildman–Crippen LogP) is 8.90. The van der Waals surface area contributed by atoms with Gasteiger partial charge in [-0.2, -0.15) is 0 Å². The lowest BCUT2D eigenvalue weighted by Gasteiger charge is -2.10. The number of aliphatic hydroxyl groups excluding tert-OH is 1. The predicted molar refractivity (Wildman–Crippen MR) is 135 cm³/mol. The van der Waals surface area contributed by atoms with Crippen molar-refractivity contribution in [3.8, 4) is 0 Å². The lowest BCUT2D eigenvalue weighted by atomic mass is 10.0. The smallest absolute Gasteiger partial charge is 0.334 e. The third-order valence-corrected chi connectivity index (χ3v) is 6.35. The number of unbranched alkanes of at least 4 members (excludes halogenated alkanes) is 20. The first-order valence-electron chi connectivity index (χ1n) is 14.1. The standard InChI is InChI=1S/C28H56O3/c1-3-5-7-8-9-10-11-12-13-14-15-16-17-18-19-20-21-22-23-24-25-27(29)28(30)31-26-6-4-2/h27,29H,3-26H2,1-2H3. The third kappa shape index (κ3) is 23.9. The molecule has 3 nitrogen and oxygen atoms in total. The molecule has 0 saturated heterocycles. The van der Waals surface area contributed by atoms with Crippen LogP contribution in [0.3, 0.4) is 0 Å². The van der Waals surface area contributed by atoms with Crippen LogP contribution in [-0.2, 0) is 9.53 Å². The van der Waals surface area contributed by atoms with Crippen LogP contribution in [0.1, 0.15) is 162 Å². The van der Waals surface area contributed by atoms with Gasteiger partial charge < -0.3 is 9.84 Å². The van der Waals surface area contributed by atoms with Crippen molar-refractivity contribution in [1.29, 1.82) is 0 Å². The van der Waals surface area contributed by atoms with Gasteiger partial charge in [-0.25, -0.2) is 4.79 Å². The Morgan fingerprint density at radius 3 is 1.23 bits per heavy atom. The SMILES string of the molecule is CCCCCCCCCCCCCCCCCCCCCCC(O)C(=O)OCCCC. The van der Waals surface area contributed by atoms with Gasteiger partial charge in [-0.05, 0) is 12.8 Å². The summed E-state index contributed by atoms with van der Waals surface area (Å²) in [5.41, 5.74) is 0. The molecular formula is C28H56O3. The van der Waals surface area contributed by atoms with Gasteiger partial charge in [0, 0.05) is 0 Å². The molecule has 0 aromatic heterocycles. The molecule has 31 heavy (non-hydrogen) atoms. The molecule has 0 aliphatic heterocycles. The van der Waals surface area contributed by atoms with Crippen LogP contribution < -0.4 is 0 Å². The van der Waals surface area contributed by atoms with Crippen molar-refractivity contribution in [3.63, 3.8) is 0 Å². The van der Waals surface area contributed by atoms with Crippen molar-refractivity contribution in [2.45, 2.75) is 168 Å². The highest BCUT2D eigenvalue weighted by molar-refractivity contribution is 5.74. The molecule has 0 bridgehead atoms. The van der Waals surface area contributed by atoms with Crippen LogP contribution in [0.25, 0.3) is 0 Å². The Labute approximate surface area is 195 Å². The molecule has 186 valence electrons. The Bertz CT molecular complexity index is 356. The lowest BCUT2D eigenvalue weighted by Crippen LogP contribution is -2.23. The zero-order valence-electron chi connectivity index (χ0n) is 21.3. The highest BCUT2D eigenvalue weighted by Crippen LogP contribution is 2.15. The minimum absolute atomic E-state index is 0.436. The van der Waals surface area contributed by atoms with Crippen molar-refractivity contribution >= 4 is 5.97 Å². The van der Waals surface area contributed by atoms with E-state index < -0.39 is 12.1 Å². The summed E-state index contributed by atoms with van der Waals surface area (Å²) in [4.78, 5) is 11.6. The minimum Gasteiger partial charge on any atom is -0.464 e. The number of esters is 1. The third-order valence-electron chi connectivity index (χ3n) is 6.35. The molecule has 1 unspecified atom stereocenters. The fourth-order valence-electron chi connectivity index (χ4n) is 4.12. The zero-order chi connectivity index (χ0) is 22.8. The quantitative estimate of drug-likeness (QED) is 0.114. The molecule has 0 rings (SSSR count). The Morgan fingerprint density at radius 2 is 0.871 bits per heavy atom. The van der Waals surface area contributed by atoms with Crippen LogP contribution >= 0.6 is 0 Å². The summed E-state index contributed by atoms with van der Waals surface area (Å²) < 4.78 is 5.05. The van der Waals surface area contributed by atoms with E-state index in [1.54, 1.807) is 0 Å². The molecule has 0 amide bonds. The fraction of sp³-hybridized carbons (Fsp3) is 0.964. The van der Waals surface area contributed by atoms with Crippen LogP contribution in [0.4, 0.5) is 0 Å². The maximum absolute atomic E-state index is 11.6. The molecule has 0 saturated carbocycles. The average Bonchev–Trinajstić information content (AvgIpc) is 2.77. The summed E-state index contributed by atoms with van der Waals surface area (Å²) >= 11 is 0. The zero-order valence-corrected chi connectivity index (χ0v) is 21.3. The highest BCUT2D eigenvalue weighted by Gasteiger charge is 2.15. The summed E-state index contributed by atoms with van der Waals surface area (Å²) in [5.74, 6) is -0.439. The fourth-order valence-corrected chi connectivity index (χ4v) is 4.12. The van der Waals surface area contributed by atoms with Crippen molar-refractivity contribution < 1.29 is 14.6 Å². The van der Waals surface area contributed by atoms with Crippen molar-refractivity contribution in [1.82, 2.24) is 0 Å². The number of hydrogen-bond donors (Lipinski definition) is 1. The monoisotopic (exact) mass is 440 g/mol. The number of carbonyl (C=O) groups excluding carboxylic acids is 1. The molecule has 0 spiro atoms. The van der Waals surface area contributed by atoms with Crippen LogP contribution in [0.5, 0.6) is 0 Å². The summed E-state index contributed by atoms with van der Waals surface area (Å²) in [7, 11) is 0. The summed E-state index contributed by atoms with van der Waals surface area (Å²) in [6, 6.07) is 0. The minimum atomic E-state index is -0.924. The van der Waals surface area contributed by atoms with Gasteiger partial charge in [0.05, 0.1) is 6.61 Å². The molecule has 0 fully saturated rings. The van der Waals surface area contributed by atoms with Crippen LogP contribution in [0.15, 0.2) is 0 Å². The molecule has 0 heterocycles. The first-order chi connectivity index (χ1) is 15.2. The number of ether oxygens (including phenoxy) is 1. The molecule has 0 aromatic carbocycles. The van der Waals surface area contributed by atoms with E-state index >= 15 is 0 Å². The van der Waals surface area contributed by atoms with Crippen LogP contribution in [0.2, 0.25) is 0 Å². The number of aliphatic hydroxyl groups is 1. The van der Waals surface area contributed by atoms with Gasteiger partial charge in [0.2, 0.25) is 0 Å². The molecule has 3 heteroatoms. The van der Waals surface area contributed by atoms with E-state index in [1.807, 2.05) is 0 Å². The molecule has 0 aliphatic carbocycles. The summed E-state index contributed by atoms with van der Waals surface area (Å²) in [6.45, 7) is 4.78. The first-order valence-corrected chi connectivity index (χ1v) is 14.1. The van der Waals surface area contributed by atoms with Crippen LogP contribution in [-0.4, -0.2) is 23.8 Å². The molecule has 1 atom stereocenters. The number of carbonyl (C=O) groups is 1. The van der Waals surface area contributed by atoms with E-state index in [0.717, 1.165) is 25.7 Å². The van der Waals surface area contributed by atoms with Gasteiger partial charge in [0.1, 0.15) is 0 Å². The summed E-state index contributed by atoms with van der Waals surface area (Å²) in [5, 5.41) is 9.79. The molecule has 0 radical (unpaired) electrons. The normalized spacial score (nSPS) is 12.2. The topological polar surface area (TPSA) is 46.5 Å². The average molecular weight is 441 g/mol. The highest BCUT2D eigenvalue weighted by atomic mass is 16.5. The van der Waals surface area contributed by atoms with Crippen LogP contribution in [0, 0.1) is 0 Å². The van der Waals surface area contributed by atoms with Crippen molar-refractivity contribution in [2.24, 2.45) is 0 Å². The largest absolute Gasteiger partial charge is 0.464 e. The van der Waals surface area contributed by atoms with E-state index in [-0.39, 0.29) is 0 Å². The first kappa shape index (κ1) is 30.4. The van der Waals surface area contributed by atoms with Gasteiger partial charge in [-0.1, -0.05) is 149 Å². The van der Waals surface area contributed by atoms with Gasteiger partial charge in [-0.3, -0.25) is 0 Å². The van der Waals surface area contributed by atoms with E-state index in [2.05, 4.69) is 13.8 Å². The maximum Gasteiger partial charge on any atom is 0.334 e. The van der Waals surface area contributed by atoms with Gasteiger partial charge in [-0.15, -0.1) is 0 Å². The summed E-state index contributed by atoms with van der Waals surface area (Å²) in [6.07, 6.45) is 28.7. The van der Waals surface area contributed by atoms with Gasteiger partial charge >= 0.3 is 5.97 Å². The van der Waals surface area contributed by atoms with Gasteiger partial charge in [0.25, 0.3) is 0 Å². The number of rotatable bonds is 25. The molecule has 1 N–H and O–H groups in total. The molecular weight excluding hydrogens is 384 g/mol. The van der Waals surface area contributed by atoms with Crippen molar-refractivity contribution in [3.05, 3.63) is 0 Å². The Kier molecular flexibility index (Phi) is 25.2. The maximum atomic E-state index is 11.6. The van der Waals surface area contributed by atoms with E-state index in [0.29, 0.717) is 13.0 Å². The lowest BCUT2D eigenvalue weighted by molar-refractivity contribution is -0.154. The van der Waals surface area contributed by atoms with E-state index in [1.165, 1.54) is 116 Å². The van der Waals surface area contributed by atoms with Crippen molar-refractivity contribution in [2.75, 3.05) is 6.61 Å².